The van der Waals surface area contributed by atoms with Gasteiger partial charge in [0.2, 0.25) is 0 Å². The van der Waals surface area contributed by atoms with Gasteiger partial charge < -0.3 is 0 Å². The Kier molecular flexibility index (Phi) is 3.66. The Hall–Kier alpha value is 0.240. The summed E-state index contributed by atoms with van der Waals surface area (Å²) in [4.78, 5) is 0. The van der Waals surface area contributed by atoms with Gasteiger partial charge in [-0.25, -0.2) is 0 Å². The molecule has 0 bridgehead atoms. The maximum atomic E-state index is 5.86. The van der Waals surface area contributed by atoms with Crippen molar-refractivity contribution in [2.75, 3.05) is 0 Å². The van der Waals surface area contributed by atoms with E-state index in [0.29, 0.717) is 16.6 Å². The van der Waals surface area contributed by atoms with Crippen LogP contribution in [0.3, 0.4) is 0 Å². The van der Waals surface area contributed by atoms with E-state index in [4.69, 9.17) is 23.2 Å². The lowest BCUT2D eigenvalue weighted by atomic mass is 10.2. The molecule has 1 aromatic carbocycles. The van der Waals surface area contributed by atoms with Crippen molar-refractivity contribution < 1.29 is 0 Å². The minimum Gasteiger partial charge on any atom is -0.251 e. The molecule has 0 fully saturated rings. The molecule has 1 nitrogen and oxygen atoms in total. The summed E-state index contributed by atoms with van der Waals surface area (Å²) in [7, 11) is 0. The first-order valence-corrected chi connectivity index (χ1v) is 4.56. The van der Waals surface area contributed by atoms with Crippen molar-refractivity contribution >= 4 is 39.3 Å². The zero-order valence-electron chi connectivity index (χ0n) is 5.57. The SMILES string of the molecule is Clc1ccc(CNBr)c(Cl)c1. The molecule has 0 amide bonds. The van der Waals surface area contributed by atoms with E-state index in [1.807, 2.05) is 12.1 Å². The van der Waals surface area contributed by atoms with Crippen LogP contribution in [0, 0.1) is 0 Å². The number of nitrogens with one attached hydrogen (secondary N) is 1. The van der Waals surface area contributed by atoms with Gasteiger partial charge in [-0.15, -0.1) is 0 Å². The van der Waals surface area contributed by atoms with Crippen molar-refractivity contribution in [1.82, 2.24) is 4.34 Å². The van der Waals surface area contributed by atoms with E-state index in [-0.39, 0.29) is 0 Å². The molecule has 0 aliphatic carbocycles. The van der Waals surface area contributed by atoms with Gasteiger partial charge in [0.25, 0.3) is 0 Å². The van der Waals surface area contributed by atoms with E-state index in [1.165, 1.54) is 0 Å². The summed E-state index contributed by atoms with van der Waals surface area (Å²) in [5.41, 5.74) is 1.02. The summed E-state index contributed by atoms with van der Waals surface area (Å²) >= 11 is 14.7. The predicted molar refractivity (Wildman–Crippen MR) is 52.2 cm³/mol. The average molecular weight is 255 g/mol. The molecule has 4 heteroatoms. The molecule has 60 valence electrons. The third-order valence-electron chi connectivity index (χ3n) is 1.27. The van der Waals surface area contributed by atoms with Crippen LogP contribution in [-0.2, 0) is 6.54 Å². The van der Waals surface area contributed by atoms with Gasteiger partial charge in [-0.05, 0) is 17.7 Å². The molecule has 0 aliphatic heterocycles. The Labute approximate surface area is 84.0 Å². The summed E-state index contributed by atoms with van der Waals surface area (Å²) in [6.45, 7) is 0.690. The highest BCUT2D eigenvalue weighted by molar-refractivity contribution is 9.08. The Balaban J connectivity index is 2.90. The van der Waals surface area contributed by atoms with Crippen molar-refractivity contribution in [3.63, 3.8) is 0 Å². The Morgan fingerprint density at radius 2 is 2.09 bits per heavy atom. The van der Waals surface area contributed by atoms with Crippen LogP contribution in [0.15, 0.2) is 18.2 Å². The molecule has 0 unspecified atom stereocenters. The average Bonchev–Trinajstić information content (AvgIpc) is 1.95. The van der Waals surface area contributed by atoms with Crippen molar-refractivity contribution in [3.8, 4) is 0 Å². The second-order valence-corrected chi connectivity index (χ2v) is 3.45. The first-order valence-electron chi connectivity index (χ1n) is 3.01. The van der Waals surface area contributed by atoms with Crippen LogP contribution in [0.5, 0.6) is 0 Å². The molecule has 0 aromatic heterocycles. The molecule has 0 saturated carbocycles. The molecule has 0 saturated heterocycles. The molecule has 0 aliphatic rings. The summed E-state index contributed by atoms with van der Waals surface area (Å²) in [5.74, 6) is 0. The maximum Gasteiger partial charge on any atom is 0.0466 e. The van der Waals surface area contributed by atoms with Crippen molar-refractivity contribution in [3.05, 3.63) is 33.8 Å². The van der Waals surface area contributed by atoms with Gasteiger partial charge in [0, 0.05) is 32.7 Å². The molecular formula is C7H6BrCl2N. The quantitative estimate of drug-likeness (QED) is 0.798. The molecule has 1 aromatic rings. The summed E-state index contributed by atoms with van der Waals surface area (Å²) in [6, 6.07) is 5.43. The van der Waals surface area contributed by atoms with Crippen LogP contribution < -0.4 is 4.34 Å². The van der Waals surface area contributed by atoms with E-state index in [9.17, 15) is 0 Å². The second kappa shape index (κ2) is 4.31. The predicted octanol–water partition coefficient (Wildman–Crippen LogP) is 3.39. The van der Waals surface area contributed by atoms with Crippen LogP contribution in [0.4, 0.5) is 0 Å². The highest BCUT2D eigenvalue weighted by Crippen LogP contribution is 2.20. The Morgan fingerprint density at radius 1 is 1.36 bits per heavy atom. The van der Waals surface area contributed by atoms with E-state index in [0.717, 1.165) is 5.56 Å². The monoisotopic (exact) mass is 253 g/mol. The summed E-state index contributed by atoms with van der Waals surface area (Å²) in [5, 5.41) is 1.35. The van der Waals surface area contributed by atoms with Crippen LogP contribution in [0.1, 0.15) is 5.56 Å². The minimum atomic E-state index is 0.660. The topological polar surface area (TPSA) is 12.0 Å². The third kappa shape index (κ3) is 2.64. The van der Waals surface area contributed by atoms with Crippen LogP contribution >= 0.6 is 39.3 Å². The van der Waals surface area contributed by atoms with Gasteiger partial charge in [0.05, 0.1) is 0 Å². The molecule has 0 atom stereocenters. The normalized spacial score (nSPS) is 10.1. The van der Waals surface area contributed by atoms with Gasteiger partial charge in [-0.3, -0.25) is 4.34 Å². The lowest BCUT2D eigenvalue weighted by Crippen LogP contribution is -1.97. The fourth-order valence-electron chi connectivity index (χ4n) is 0.737. The lowest BCUT2D eigenvalue weighted by molar-refractivity contribution is 0.996. The first-order chi connectivity index (χ1) is 5.24. The Bertz CT molecular complexity index is 252. The van der Waals surface area contributed by atoms with Gasteiger partial charge in [0.1, 0.15) is 0 Å². The number of hydrogen-bond acceptors (Lipinski definition) is 1. The highest BCUT2D eigenvalue weighted by atomic mass is 79.9. The molecule has 1 N–H and O–H groups in total. The van der Waals surface area contributed by atoms with E-state index in [2.05, 4.69) is 20.5 Å². The smallest absolute Gasteiger partial charge is 0.0466 e. The third-order valence-corrected chi connectivity index (χ3v) is 2.14. The molecule has 11 heavy (non-hydrogen) atoms. The first kappa shape index (κ1) is 9.33. The number of benzene rings is 1. The van der Waals surface area contributed by atoms with Gasteiger partial charge in [-0.1, -0.05) is 29.3 Å². The second-order valence-electron chi connectivity index (χ2n) is 2.05. The van der Waals surface area contributed by atoms with Crippen molar-refractivity contribution in [2.45, 2.75) is 6.54 Å². The fraction of sp³-hybridized carbons (Fsp3) is 0.143. The molecule has 0 heterocycles. The number of hydrogen-bond donors (Lipinski definition) is 1. The molecule has 1 rings (SSSR count). The number of halogens is 3. The molecule has 0 radical (unpaired) electrons. The van der Waals surface area contributed by atoms with Gasteiger partial charge in [-0.2, -0.15) is 0 Å². The molecule has 0 spiro atoms. The standard InChI is InChI=1S/C7H6BrCl2N/c8-11-4-5-1-2-6(9)3-7(5)10/h1-3,11H,4H2. The van der Waals surface area contributed by atoms with Crippen molar-refractivity contribution in [1.29, 1.82) is 0 Å². The number of rotatable bonds is 2. The van der Waals surface area contributed by atoms with Crippen LogP contribution in [0.25, 0.3) is 0 Å². The fourth-order valence-corrected chi connectivity index (χ4v) is 1.51. The molecular weight excluding hydrogens is 249 g/mol. The summed E-state index contributed by atoms with van der Waals surface area (Å²) in [6.07, 6.45) is 0. The highest BCUT2D eigenvalue weighted by Gasteiger charge is 1.98. The van der Waals surface area contributed by atoms with Crippen LogP contribution in [-0.4, -0.2) is 0 Å². The zero-order valence-corrected chi connectivity index (χ0v) is 8.67. The largest absolute Gasteiger partial charge is 0.251 e. The van der Waals surface area contributed by atoms with Gasteiger partial charge in [0.15, 0.2) is 0 Å². The summed E-state index contributed by atoms with van der Waals surface area (Å²) < 4.78 is 2.83. The van der Waals surface area contributed by atoms with E-state index < -0.39 is 0 Å². The Morgan fingerprint density at radius 3 is 2.64 bits per heavy atom. The maximum absolute atomic E-state index is 5.86. The van der Waals surface area contributed by atoms with E-state index in [1.54, 1.807) is 6.07 Å². The van der Waals surface area contributed by atoms with Crippen LogP contribution in [0.2, 0.25) is 10.0 Å². The minimum absolute atomic E-state index is 0.660. The van der Waals surface area contributed by atoms with E-state index >= 15 is 0 Å². The van der Waals surface area contributed by atoms with Gasteiger partial charge >= 0.3 is 0 Å². The lowest BCUT2D eigenvalue weighted by Gasteiger charge is -2.01. The zero-order chi connectivity index (χ0) is 8.27. The van der Waals surface area contributed by atoms with Crippen molar-refractivity contribution in [2.24, 2.45) is 0 Å².